The Morgan fingerprint density at radius 2 is 1.64 bits per heavy atom. The third kappa shape index (κ3) is 7.26. The van der Waals surface area contributed by atoms with Gasteiger partial charge in [-0.15, -0.1) is 11.8 Å². The SMILES string of the molecule is CNC(=O)C(Cc1ccccc1)N(Cc1ccc(Cl)c(Cl)c1)C(=O)CSc1ccc(C)cc1. The predicted molar refractivity (Wildman–Crippen MR) is 137 cm³/mol. The summed E-state index contributed by atoms with van der Waals surface area (Å²) in [5, 5.41) is 3.58. The Kier molecular flexibility index (Phi) is 9.24. The lowest BCUT2D eigenvalue weighted by molar-refractivity contribution is -0.139. The van der Waals surface area contributed by atoms with Crippen LogP contribution in [-0.2, 0) is 22.6 Å². The summed E-state index contributed by atoms with van der Waals surface area (Å²) in [5.41, 5.74) is 2.94. The van der Waals surface area contributed by atoms with E-state index in [1.807, 2.05) is 67.6 Å². The molecule has 0 saturated carbocycles. The molecule has 0 heterocycles. The number of aryl methyl sites for hydroxylation is 1. The molecule has 172 valence electrons. The summed E-state index contributed by atoms with van der Waals surface area (Å²) in [6.07, 6.45) is 0.406. The highest BCUT2D eigenvalue weighted by Gasteiger charge is 2.29. The molecule has 7 heteroatoms. The maximum absolute atomic E-state index is 13.5. The minimum absolute atomic E-state index is 0.129. The largest absolute Gasteiger partial charge is 0.357 e. The van der Waals surface area contributed by atoms with E-state index in [0.29, 0.717) is 16.5 Å². The Labute approximate surface area is 209 Å². The lowest BCUT2D eigenvalue weighted by Gasteiger charge is -2.31. The smallest absolute Gasteiger partial charge is 0.242 e. The number of likely N-dealkylation sites (N-methyl/N-ethyl adjacent to an activating group) is 1. The summed E-state index contributed by atoms with van der Waals surface area (Å²) in [6.45, 7) is 2.27. The number of carbonyl (C=O) groups excluding carboxylic acids is 2. The number of thioether (sulfide) groups is 1. The predicted octanol–water partition coefficient (Wildman–Crippen LogP) is 5.78. The number of hydrogen-bond acceptors (Lipinski definition) is 3. The fourth-order valence-corrected chi connectivity index (χ4v) is 4.52. The van der Waals surface area contributed by atoms with Gasteiger partial charge in [0.1, 0.15) is 6.04 Å². The van der Waals surface area contributed by atoms with E-state index in [4.69, 9.17) is 23.2 Å². The van der Waals surface area contributed by atoms with Crippen LogP contribution in [0.2, 0.25) is 10.0 Å². The first kappa shape index (κ1) is 25.2. The molecular formula is C26H26Cl2N2O2S. The topological polar surface area (TPSA) is 49.4 Å². The van der Waals surface area contributed by atoms with E-state index in [0.717, 1.165) is 21.6 Å². The van der Waals surface area contributed by atoms with Crippen molar-refractivity contribution in [2.75, 3.05) is 12.8 Å². The first-order valence-electron chi connectivity index (χ1n) is 10.6. The molecule has 33 heavy (non-hydrogen) atoms. The zero-order chi connectivity index (χ0) is 23.8. The fourth-order valence-electron chi connectivity index (χ4n) is 3.42. The summed E-state index contributed by atoms with van der Waals surface area (Å²) in [7, 11) is 1.59. The molecule has 2 amide bonds. The van der Waals surface area contributed by atoms with Gasteiger partial charge in [-0.2, -0.15) is 0 Å². The molecule has 1 unspecified atom stereocenters. The molecule has 0 saturated heterocycles. The van der Waals surface area contributed by atoms with Gasteiger partial charge in [0, 0.05) is 24.9 Å². The lowest BCUT2D eigenvalue weighted by atomic mass is 10.0. The number of benzene rings is 3. The van der Waals surface area contributed by atoms with E-state index in [2.05, 4.69) is 5.32 Å². The Morgan fingerprint density at radius 3 is 2.27 bits per heavy atom. The normalized spacial score (nSPS) is 11.6. The van der Waals surface area contributed by atoms with Gasteiger partial charge in [0.25, 0.3) is 0 Å². The molecule has 0 spiro atoms. The van der Waals surface area contributed by atoms with Crippen molar-refractivity contribution in [3.05, 3.63) is 99.5 Å². The average molecular weight is 501 g/mol. The summed E-state index contributed by atoms with van der Waals surface area (Å²) in [6, 6.07) is 22.3. The molecule has 3 aromatic carbocycles. The monoisotopic (exact) mass is 500 g/mol. The van der Waals surface area contributed by atoms with E-state index in [1.54, 1.807) is 24.1 Å². The van der Waals surface area contributed by atoms with Crippen LogP contribution < -0.4 is 5.32 Å². The first-order chi connectivity index (χ1) is 15.9. The Balaban J connectivity index is 1.88. The van der Waals surface area contributed by atoms with Gasteiger partial charge in [0.15, 0.2) is 0 Å². The van der Waals surface area contributed by atoms with Gasteiger partial charge in [0.2, 0.25) is 11.8 Å². The molecule has 3 rings (SSSR count). The van der Waals surface area contributed by atoms with Crippen LogP contribution in [0, 0.1) is 6.92 Å². The van der Waals surface area contributed by atoms with Crippen LogP contribution >= 0.6 is 35.0 Å². The van der Waals surface area contributed by atoms with Crippen molar-refractivity contribution >= 4 is 46.8 Å². The van der Waals surface area contributed by atoms with Crippen LogP contribution in [-0.4, -0.2) is 35.6 Å². The molecule has 0 aliphatic rings. The minimum atomic E-state index is -0.669. The van der Waals surface area contributed by atoms with Gasteiger partial charge in [-0.1, -0.05) is 77.3 Å². The van der Waals surface area contributed by atoms with Crippen molar-refractivity contribution in [1.82, 2.24) is 10.2 Å². The van der Waals surface area contributed by atoms with Gasteiger partial charge < -0.3 is 10.2 Å². The highest BCUT2D eigenvalue weighted by molar-refractivity contribution is 8.00. The Bertz CT molecular complexity index is 1090. The highest BCUT2D eigenvalue weighted by Crippen LogP contribution is 2.25. The van der Waals surface area contributed by atoms with Crippen LogP contribution in [0.5, 0.6) is 0 Å². The zero-order valence-electron chi connectivity index (χ0n) is 18.6. The second-order valence-electron chi connectivity index (χ2n) is 7.69. The van der Waals surface area contributed by atoms with Gasteiger partial charge >= 0.3 is 0 Å². The quantitative estimate of drug-likeness (QED) is 0.378. The molecule has 0 fully saturated rings. The molecule has 0 aliphatic heterocycles. The fraction of sp³-hybridized carbons (Fsp3) is 0.231. The van der Waals surface area contributed by atoms with E-state index in [1.165, 1.54) is 11.8 Å². The summed E-state index contributed by atoms with van der Waals surface area (Å²) in [5.74, 6) is -0.129. The van der Waals surface area contributed by atoms with Crippen molar-refractivity contribution in [2.24, 2.45) is 0 Å². The standard InChI is InChI=1S/C26H26Cl2N2O2S/c1-18-8-11-21(12-9-18)33-17-25(31)30(16-20-10-13-22(27)23(28)14-20)24(26(32)29-2)15-19-6-4-3-5-7-19/h3-14,24H,15-17H2,1-2H3,(H,29,32). The average Bonchev–Trinajstić information content (AvgIpc) is 2.83. The van der Waals surface area contributed by atoms with Crippen LogP contribution in [0.4, 0.5) is 0 Å². The Morgan fingerprint density at radius 1 is 0.939 bits per heavy atom. The van der Waals surface area contributed by atoms with Crippen molar-refractivity contribution in [1.29, 1.82) is 0 Å². The molecule has 0 aromatic heterocycles. The molecule has 1 N–H and O–H groups in total. The Hall–Kier alpha value is -2.47. The van der Waals surface area contributed by atoms with Crippen molar-refractivity contribution in [3.63, 3.8) is 0 Å². The van der Waals surface area contributed by atoms with Gasteiger partial charge in [0.05, 0.1) is 15.8 Å². The van der Waals surface area contributed by atoms with E-state index < -0.39 is 6.04 Å². The van der Waals surface area contributed by atoms with Crippen LogP contribution in [0.3, 0.4) is 0 Å². The number of hydrogen-bond donors (Lipinski definition) is 1. The van der Waals surface area contributed by atoms with E-state index >= 15 is 0 Å². The third-order valence-corrected chi connectivity index (χ3v) is 6.97. The molecule has 4 nitrogen and oxygen atoms in total. The first-order valence-corrected chi connectivity index (χ1v) is 12.3. The molecule has 0 bridgehead atoms. The van der Waals surface area contributed by atoms with Gasteiger partial charge in [-0.25, -0.2) is 0 Å². The van der Waals surface area contributed by atoms with Gasteiger partial charge in [-0.05, 0) is 42.3 Å². The minimum Gasteiger partial charge on any atom is -0.357 e. The second kappa shape index (κ2) is 12.1. The van der Waals surface area contributed by atoms with Crippen LogP contribution in [0.25, 0.3) is 0 Å². The second-order valence-corrected chi connectivity index (χ2v) is 9.55. The maximum atomic E-state index is 13.5. The number of carbonyl (C=O) groups is 2. The third-order valence-electron chi connectivity index (χ3n) is 5.24. The van der Waals surface area contributed by atoms with Crippen LogP contribution in [0.15, 0.2) is 77.7 Å². The molecule has 0 radical (unpaired) electrons. The zero-order valence-corrected chi connectivity index (χ0v) is 20.9. The molecule has 1 atom stereocenters. The summed E-state index contributed by atoms with van der Waals surface area (Å²) >= 11 is 13.7. The molecular weight excluding hydrogens is 475 g/mol. The molecule has 0 aliphatic carbocycles. The maximum Gasteiger partial charge on any atom is 0.242 e. The van der Waals surface area contributed by atoms with Crippen LogP contribution in [0.1, 0.15) is 16.7 Å². The molecule has 3 aromatic rings. The highest BCUT2D eigenvalue weighted by atomic mass is 35.5. The summed E-state index contributed by atoms with van der Waals surface area (Å²) < 4.78 is 0. The number of nitrogens with zero attached hydrogens (tertiary/aromatic N) is 1. The number of halogens is 2. The summed E-state index contributed by atoms with van der Waals surface area (Å²) in [4.78, 5) is 29.0. The van der Waals surface area contributed by atoms with Crippen molar-refractivity contribution in [2.45, 2.75) is 30.8 Å². The van der Waals surface area contributed by atoms with Gasteiger partial charge in [-0.3, -0.25) is 9.59 Å². The number of amides is 2. The number of nitrogens with one attached hydrogen (secondary N) is 1. The number of rotatable bonds is 9. The van der Waals surface area contributed by atoms with Crippen molar-refractivity contribution in [3.8, 4) is 0 Å². The van der Waals surface area contributed by atoms with E-state index in [-0.39, 0.29) is 24.1 Å². The van der Waals surface area contributed by atoms with Crippen molar-refractivity contribution < 1.29 is 9.59 Å². The van der Waals surface area contributed by atoms with E-state index in [9.17, 15) is 9.59 Å². The lowest BCUT2D eigenvalue weighted by Crippen LogP contribution is -2.50.